The van der Waals surface area contributed by atoms with Gasteiger partial charge in [0.1, 0.15) is 28.8 Å². The Morgan fingerprint density at radius 3 is 1.98 bits per heavy atom. The molecule has 13 heteroatoms. The predicted octanol–water partition coefficient (Wildman–Crippen LogP) is 9.13. The fourth-order valence-electron chi connectivity index (χ4n) is 4.66. The SMILES string of the molecule is C=CC1(CCC)COC(C)(c2cc(F)c(C(F)(F)Oc3ccc(-c4ccc(OC(F)(F)F)c(F)c4)c(F)c3)c(F)c2)OC1. The number of hydrogen-bond donors (Lipinski definition) is 0. The molecule has 3 aromatic carbocycles. The van der Waals surface area contributed by atoms with Crippen LogP contribution in [0.2, 0.25) is 0 Å². The van der Waals surface area contributed by atoms with Gasteiger partial charge in [0.25, 0.3) is 0 Å². The molecule has 1 aliphatic rings. The van der Waals surface area contributed by atoms with Crippen molar-refractivity contribution >= 4 is 0 Å². The lowest BCUT2D eigenvalue weighted by atomic mass is 9.84. The van der Waals surface area contributed by atoms with Crippen molar-refractivity contribution in [2.24, 2.45) is 5.41 Å². The molecule has 0 saturated carbocycles. The van der Waals surface area contributed by atoms with Crippen molar-refractivity contribution < 1.29 is 58.5 Å². The molecule has 0 unspecified atom stereocenters. The summed E-state index contributed by atoms with van der Waals surface area (Å²) in [4.78, 5) is 0. The van der Waals surface area contributed by atoms with Crippen LogP contribution in [0.4, 0.5) is 39.5 Å². The first-order chi connectivity index (χ1) is 20.0. The lowest BCUT2D eigenvalue weighted by molar-refractivity contribution is -0.296. The Morgan fingerprint density at radius 2 is 1.47 bits per heavy atom. The minimum absolute atomic E-state index is 0.116. The monoisotopic (exact) mass is 620 g/mol. The van der Waals surface area contributed by atoms with Crippen LogP contribution in [-0.2, 0) is 21.4 Å². The maximum absolute atomic E-state index is 15.0. The summed E-state index contributed by atoms with van der Waals surface area (Å²) in [5, 5.41) is 0. The van der Waals surface area contributed by atoms with Gasteiger partial charge in [-0.25, -0.2) is 17.6 Å². The van der Waals surface area contributed by atoms with Crippen molar-refractivity contribution in [3.8, 4) is 22.6 Å². The molecule has 3 aromatic rings. The first-order valence-corrected chi connectivity index (χ1v) is 12.8. The van der Waals surface area contributed by atoms with Crippen molar-refractivity contribution in [3.63, 3.8) is 0 Å². The number of ether oxygens (including phenoxy) is 4. The molecular weight excluding hydrogens is 595 g/mol. The zero-order valence-corrected chi connectivity index (χ0v) is 22.8. The van der Waals surface area contributed by atoms with E-state index in [2.05, 4.69) is 16.1 Å². The van der Waals surface area contributed by atoms with Gasteiger partial charge < -0.3 is 18.9 Å². The van der Waals surface area contributed by atoms with Crippen LogP contribution >= 0.6 is 0 Å². The fraction of sp³-hybridized carbons (Fsp3) is 0.333. The Labute approximate surface area is 240 Å². The third-order valence-electron chi connectivity index (χ3n) is 6.96. The average Bonchev–Trinajstić information content (AvgIpc) is 2.90. The minimum atomic E-state index is -5.17. The molecule has 4 rings (SSSR count). The summed E-state index contributed by atoms with van der Waals surface area (Å²) in [6.45, 7) is 7.36. The Kier molecular flexibility index (Phi) is 8.81. The lowest BCUT2D eigenvalue weighted by Crippen LogP contribution is -2.45. The maximum atomic E-state index is 15.0. The molecule has 0 spiro atoms. The first kappa shape index (κ1) is 32.2. The van der Waals surface area contributed by atoms with Gasteiger partial charge in [-0.2, -0.15) is 8.78 Å². The number of benzene rings is 3. The molecule has 0 aliphatic carbocycles. The Bertz CT molecular complexity index is 1470. The minimum Gasteiger partial charge on any atom is -0.429 e. The summed E-state index contributed by atoms with van der Waals surface area (Å²) in [6.07, 6.45) is -6.65. The topological polar surface area (TPSA) is 36.9 Å². The zero-order chi connectivity index (χ0) is 31.8. The molecule has 4 nitrogen and oxygen atoms in total. The molecule has 1 heterocycles. The number of rotatable bonds is 9. The van der Waals surface area contributed by atoms with Gasteiger partial charge in [-0.3, -0.25) is 0 Å². The lowest BCUT2D eigenvalue weighted by Gasteiger charge is -2.43. The van der Waals surface area contributed by atoms with E-state index in [1.165, 1.54) is 6.92 Å². The van der Waals surface area contributed by atoms with Gasteiger partial charge in [-0.1, -0.05) is 25.5 Å². The van der Waals surface area contributed by atoms with E-state index < -0.39 is 69.6 Å². The van der Waals surface area contributed by atoms with Crippen LogP contribution in [0.15, 0.2) is 61.2 Å². The van der Waals surface area contributed by atoms with Gasteiger partial charge in [0, 0.05) is 22.6 Å². The second-order valence-electron chi connectivity index (χ2n) is 10.1. The third-order valence-corrected chi connectivity index (χ3v) is 6.96. The van der Waals surface area contributed by atoms with Crippen molar-refractivity contribution in [2.75, 3.05) is 13.2 Å². The molecule has 1 saturated heterocycles. The molecule has 0 amide bonds. The Morgan fingerprint density at radius 1 is 0.837 bits per heavy atom. The summed E-state index contributed by atoms with van der Waals surface area (Å²) in [7, 11) is 0. The van der Waals surface area contributed by atoms with E-state index in [0.29, 0.717) is 36.8 Å². The quantitative estimate of drug-likeness (QED) is 0.177. The molecule has 0 N–H and O–H groups in total. The predicted molar refractivity (Wildman–Crippen MR) is 136 cm³/mol. The highest BCUT2D eigenvalue weighted by atomic mass is 19.4. The summed E-state index contributed by atoms with van der Waals surface area (Å²) >= 11 is 0. The summed E-state index contributed by atoms with van der Waals surface area (Å²) < 4.78 is 145. The smallest absolute Gasteiger partial charge is 0.429 e. The number of halogens is 9. The molecule has 0 aromatic heterocycles. The van der Waals surface area contributed by atoms with Crippen LogP contribution in [0, 0.1) is 28.7 Å². The Hall–Kier alpha value is -3.71. The van der Waals surface area contributed by atoms with E-state index in [9.17, 15) is 39.5 Å². The van der Waals surface area contributed by atoms with E-state index in [1.54, 1.807) is 6.08 Å². The molecule has 1 fully saturated rings. The van der Waals surface area contributed by atoms with Crippen molar-refractivity contribution in [1.82, 2.24) is 0 Å². The zero-order valence-electron chi connectivity index (χ0n) is 22.8. The van der Waals surface area contributed by atoms with Gasteiger partial charge in [0.15, 0.2) is 17.4 Å². The molecule has 232 valence electrons. The van der Waals surface area contributed by atoms with Gasteiger partial charge in [0.05, 0.1) is 13.2 Å². The van der Waals surface area contributed by atoms with Crippen LogP contribution in [0.1, 0.15) is 37.8 Å². The van der Waals surface area contributed by atoms with E-state index in [1.807, 2.05) is 6.92 Å². The largest absolute Gasteiger partial charge is 0.573 e. The van der Waals surface area contributed by atoms with Gasteiger partial charge in [-0.15, -0.1) is 19.8 Å². The average molecular weight is 621 g/mol. The third kappa shape index (κ3) is 6.93. The summed E-state index contributed by atoms with van der Waals surface area (Å²) in [5.74, 6) is -9.74. The normalized spacial score (nSPS) is 21.0. The molecule has 43 heavy (non-hydrogen) atoms. The van der Waals surface area contributed by atoms with Gasteiger partial charge in [0.2, 0.25) is 0 Å². The van der Waals surface area contributed by atoms with Crippen molar-refractivity contribution in [3.05, 3.63) is 95.6 Å². The van der Waals surface area contributed by atoms with E-state index in [0.717, 1.165) is 24.6 Å². The van der Waals surface area contributed by atoms with E-state index in [-0.39, 0.29) is 24.3 Å². The highest BCUT2D eigenvalue weighted by Gasteiger charge is 2.45. The van der Waals surface area contributed by atoms with Crippen LogP contribution in [0.25, 0.3) is 11.1 Å². The van der Waals surface area contributed by atoms with Crippen LogP contribution in [0.3, 0.4) is 0 Å². The molecule has 1 aliphatic heterocycles. The van der Waals surface area contributed by atoms with Crippen LogP contribution in [0.5, 0.6) is 11.5 Å². The molecule has 0 atom stereocenters. The highest BCUT2D eigenvalue weighted by molar-refractivity contribution is 5.66. The summed E-state index contributed by atoms with van der Waals surface area (Å²) in [6, 6.07) is 5.43. The number of alkyl halides is 5. The molecule has 0 bridgehead atoms. The molecule has 0 radical (unpaired) electrons. The first-order valence-electron chi connectivity index (χ1n) is 12.8. The Balaban J connectivity index is 1.54. The van der Waals surface area contributed by atoms with Gasteiger partial charge >= 0.3 is 12.5 Å². The van der Waals surface area contributed by atoms with Crippen molar-refractivity contribution in [2.45, 2.75) is 44.9 Å². The van der Waals surface area contributed by atoms with Crippen molar-refractivity contribution in [1.29, 1.82) is 0 Å². The second kappa shape index (κ2) is 11.8. The second-order valence-corrected chi connectivity index (χ2v) is 10.1. The van der Waals surface area contributed by atoms with Crippen LogP contribution < -0.4 is 9.47 Å². The van der Waals surface area contributed by atoms with E-state index in [4.69, 9.17) is 9.47 Å². The van der Waals surface area contributed by atoms with Crippen LogP contribution in [-0.4, -0.2) is 19.6 Å². The van der Waals surface area contributed by atoms with Gasteiger partial charge in [-0.05, 0) is 55.3 Å². The number of hydrogen-bond acceptors (Lipinski definition) is 4. The maximum Gasteiger partial charge on any atom is 0.573 e. The van der Waals surface area contributed by atoms with E-state index >= 15 is 0 Å². The highest BCUT2D eigenvalue weighted by Crippen LogP contribution is 2.43. The summed E-state index contributed by atoms with van der Waals surface area (Å²) in [5.41, 5.74) is -3.12. The molecular formula is C30H25F9O4. The standard InChI is InChI=1S/C30H25F9O4/c1-4-10-28(5-2)15-40-27(3,41-16-28)18-12-23(33)26(24(34)13-18)29(35,36)42-19-7-8-20(21(31)14-19)17-6-9-25(22(32)11-17)43-30(37,38)39/h5-9,11-14H,2,4,10,15-16H2,1,3H3. The fourth-order valence-corrected chi connectivity index (χ4v) is 4.66.